The zero-order chi connectivity index (χ0) is 25.0. The van der Waals surface area contributed by atoms with Gasteiger partial charge in [0.1, 0.15) is 0 Å². The van der Waals surface area contributed by atoms with Crippen molar-refractivity contribution in [1.29, 1.82) is 0 Å². The first-order valence-corrected chi connectivity index (χ1v) is 12.0. The molecule has 10 nitrogen and oxygen atoms in total. The van der Waals surface area contributed by atoms with Crippen LogP contribution in [0, 0.1) is 0 Å². The molecule has 1 saturated heterocycles. The molecule has 2 aromatic carbocycles. The lowest BCUT2D eigenvalue weighted by Gasteiger charge is -2.34. The van der Waals surface area contributed by atoms with Crippen LogP contribution in [0.2, 0.25) is 0 Å². The number of ether oxygens (including phenoxy) is 4. The lowest BCUT2D eigenvalue weighted by molar-refractivity contribution is -0.0440. The van der Waals surface area contributed by atoms with Gasteiger partial charge in [-0.3, -0.25) is 4.79 Å². The van der Waals surface area contributed by atoms with Crippen molar-refractivity contribution < 1.29 is 37.0 Å². The number of hydrogen-bond donors (Lipinski definition) is 1. The van der Waals surface area contributed by atoms with Crippen LogP contribution in [0.5, 0.6) is 11.5 Å². The molecule has 184 valence electrons. The number of hydrogen-bond acceptors (Lipinski definition) is 8. The average molecular weight is 493 g/mol. The summed E-state index contributed by atoms with van der Waals surface area (Å²) in [4.78, 5) is 25.3. The standard InChI is InChI=1S/C23H28N2O8S/c1-14-12-25(13-15(2)33-14)34(28,29)17-8-6-7-16(9-17)22(26)24-19-11-21(31-4)20(30-3)10-18(19)23(27)32-5/h6-11,14-15H,12-13H2,1-5H3,(H,24,26)/t14-,15-/m1/s1. The number of carbonyl (C=O) groups excluding carboxylic acids is 2. The maximum atomic E-state index is 13.2. The highest BCUT2D eigenvalue weighted by Gasteiger charge is 2.32. The predicted molar refractivity (Wildman–Crippen MR) is 124 cm³/mol. The van der Waals surface area contributed by atoms with E-state index in [0.29, 0.717) is 0 Å². The van der Waals surface area contributed by atoms with Crippen molar-refractivity contribution in [3.8, 4) is 11.5 Å². The number of benzene rings is 2. The summed E-state index contributed by atoms with van der Waals surface area (Å²) in [5.74, 6) is -0.735. The van der Waals surface area contributed by atoms with E-state index in [4.69, 9.17) is 18.9 Å². The van der Waals surface area contributed by atoms with Gasteiger partial charge in [0.2, 0.25) is 10.0 Å². The smallest absolute Gasteiger partial charge is 0.340 e. The molecule has 0 aliphatic carbocycles. The van der Waals surface area contributed by atoms with Gasteiger partial charge in [0.25, 0.3) is 5.91 Å². The Bertz CT molecular complexity index is 1170. The van der Waals surface area contributed by atoms with Crippen molar-refractivity contribution in [3.63, 3.8) is 0 Å². The molecule has 1 aliphatic heterocycles. The van der Waals surface area contributed by atoms with E-state index in [0.717, 1.165) is 0 Å². The van der Waals surface area contributed by atoms with Crippen LogP contribution in [0.25, 0.3) is 0 Å². The summed E-state index contributed by atoms with van der Waals surface area (Å²) in [5, 5.41) is 2.64. The van der Waals surface area contributed by atoms with Crippen LogP contribution in [-0.2, 0) is 19.5 Å². The van der Waals surface area contributed by atoms with Gasteiger partial charge < -0.3 is 24.3 Å². The molecule has 0 bridgehead atoms. The van der Waals surface area contributed by atoms with Gasteiger partial charge in [-0.25, -0.2) is 13.2 Å². The molecule has 0 saturated carbocycles. The summed E-state index contributed by atoms with van der Waals surface area (Å²) in [7, 11) is 0.211. The number of nitrogens with one attached hydrogen (secondary N) is 1. The van der Waals surface area contributed by atoms with Gasteiger partial charge in [-0.1, -0.05) is 6.07 Å². The average Bonchev–Trinajstić information content (AvgIpc) is 2.82. The van der Waals surface area contributed by atoms with Crippen molar-refractivity contribution >= 4 is 27.6 Å². The van der Waals surface area contributed by atoms with Crippen LogP contribution in [0.15, 0.2) is 41.3 Å². The van der Waals surface area contributed by atoms with E-state index in [2.05, 4.69) is 5.32 Å². The van der Waals surface area contributed by atoms with E-state index in [9.17, 15) is 18.0 Å². The van der Waals surface area contributed by atoms with Gasteiger partial charge in [0, 0.05) is 30.8 Å². The molecular weight excluding hydrogens is 464 g/mol. The molecule has 3 rings (SSSR count). The first-order chi connectivity index (χ1) is 16.1. The van der Waals surface area contributed by atoms with Crippen molar-refractivity contribution in [1.82, 2.24) is 4.31 Å². The Balaban J connectivity index is 1.92. The quantitative estimate of drug-likeness (QED) is 0.586. The topological polar surface area (TPSA) is 120 Å². The van der Waals surface area contributed by atoms with Gasteiger partial charge in [-0.15, -0.1) is 0 Å². The monoisotopic (exact) mass is 492 g/mol. The molecule has 1 heterocycles. The first-order valence-electron chi connectivity index (χ1n) is 10.5. The lowest BCUT2D eigenvalue weighted by atomic mass is 10.1. The van der Waals surface area contributed by atoms with E-state index < -0.39 is 21.9 Å². The van der Waals surface area contributed by atoms with Gasteiger partial charge in [0.15, 0.2) is 11.5 Å². The number of anilines is 1. The number of methoxy groups -OCH3 is 3. The first kappa shape index (κ1) is 25.5. The lowest BCUT2D eigenvalue weighted by Crippen LogP contribution is -2.48. The van der Waals surface area contributed by atoms with Gasteiger partial charge in [0.05, 0.1) is 49.7 Å². The number of sulfonamides is 1. The van der Waals surface area contributed by atoms with E-state index in [1.807, 2.05) is 13.8 Å². The second-order valence-electron chi connectivity index (χ2n) is 7.81. The van der Waals surface area contributed by atoms with Gasteiger partial charge in [-0.2, -0.15) is 4.31 Å². The molecular formula is C23H28N2O8S. The molecule has 1 aliphatic rings. The molecule has 1 fully saturated rings. The Hall–Kier alpha value is -3.15. The third-order valence-corrected chi connectivity index (χ3v) is 7.12. The Morgan fingerprint density at radius 1 is 1.00 bits per heavy atom. The maximum absolute atomic E-state index is 13.2. The third-order valence-electron chi connectivity index (χ3n) is 5.30. The molecule has 2 aromatic rings. The normalized spacial score (nSPS) is 18.7. The zero-order valence-corrected chi connectivity index (χ0v) is 20.5. The summed E-state index contributed by atoms with van der Waals surface area (Å²) in [5.41, 5.74) is 0.271. The second kappa shape index (κ2) is 10.4. The molecule has 2 atom stereocenters. The van der Waals surface area contributed by atoms with E-state index >= 15 is 0 Å². The van der Waals surface area contributed by atoms with Crippen LogP contribution >= 0.6 is 0 Å². The number of esters is 1. The Kier molecular flexibility index (Phi) is 7.80. The van der Waals surface area contributed by atoms with Crippen LogP contribution in [0.1, 0.15) is 34.6 Å². The molecule has 34 heavy (non-hydrogen) atoms. The second-order valence-corrected chi connectivity index (χ2v) is 9.74. The van der Waals surface area contributed by atoms with Crippen molar-refractivity contribution in [3.05, 3.63) is 47.5 Å². The summed E-state index contributed by atoms with van der Waals surface area (Å²) >= 11 is 0. The Morgan fingerprint density at radius 2 is 1.62 bits per heavy atom. The summed E-state index contributed by atoms with van der Waals surface area (Å²) in [6.07, 6.45) is -0.487. The highest BCUT2D eigenvalue weighted by atomic mass is 32.2. The minimum atomic E-state index is -3.84. The number of amides is 1. The SMILES string of the molecule is COC(=O)c1cc(OC)c(OC)cc1NC(=O)c1cccc(S(=O)(=O)N2C[C@@H](C)O[C@H](C)C2)c1. The third kappa shape index (κ3) is 5.32. The summed E-state index contributed by atoms with van der Waals surface area (Å²) < 4.78 is 48.6. The predicted octanol–water partition coefficient (Wildman–Crippen LogP) is 2.54. The molecule has 0 radical (unpaired) electrons. The fraction of sp³-hybridized carbons (Fsp3) is 0.391. The summed E-state index contributed by atoms with van der Waals surface area (Å²) in [6, 6.07) is 8.53. The minimum Gasteiger partial charge on any atom is -0.493 e. The minimum absolute atomic E-state index is 0.0121. The van der Waals surface area contributed by atoms with E-state index in [1.165, 1.54) is 62.0 Å². The van der Waals surface area contributed by atoms with E-state index in [-0.39, 0.29) is 58.5 Å². The van der Waals surface area contributed by atoms with Crippen molar-refractivity contribution in [2.45, 2.75) is 31.0 Å². The van der Waals surface area contributed by atoms with Crippen LogP contribution in [0.4, 0.5) is 5.69 Å². The molecule has 11 heteroatoms. The largest absolute Gasteiger partial charge is 0.493 e. The van der Waals surface area contributed by atoms with Crippen LogP contribution in [0.3, 0.4) is 0 Å². The number of morpholine rings is 1. The Morgan fingerprint density at radius 3 is 2.21 bits per heavy atom. The zero-order valence-electron chi connectivity index (χ0n) is 19.7. The molecule has 0 unspecified atom stereocenters. The fourth-order valence-corrected chi connectivity index (χ4v) is 5.37. The number of nitrogens with zero attached hydrogens (tertiary/aromatic N) is 1. The number of carbonyl (C=O) groups is 2. The van der Waals surface area contributed by atoms with Gasteiger partial charge in [-0.05, 0) is 32.0 Å². The summed E-state index contributed by atoms with van der Waals surface area (Å²) in [6.45, 7) is 4.06. The maximum Gasteiger partial charge on any atom is 0.340 e. The van der Waals surface area contributed by atoms with Crippen molar-refractivity contribution in [2.24, 2.45) is 0 Å². The molecule has 0 spiro atoms. The molecule has 1 amide bonds. The van der Waals surface area contributed by atoms with Crippen molar-refractivity contribution in [2.75, 3.05) is 39.7 Å². The van der Waals surface area contributed by atoms with Gasteiger partial charge >= 0.3 is 5.97 Å². The Labute approximate surface area is 198 Å². The van der Waals surface area contributed by atoms with Crippen LogP contribution in [-0.4, -0.2) is 71.2 Å². The highest BCUT2D eigenvalue weighted by Crippen LogP contribution is 2.34. The molecule has 1 N–H and O–H groups in total. The molecule has 0 aromatic heterocycles. The fourth-order valence-electron chi connectivity index (χ4n) is 3.73. The number of rotatable bonds is 7. The highest BCUT2D eigenvalue weighted by molar-refractivity contribution is 7.89. The van der Waals surface area contributed by atoms with E-state index in [1.54, 1.807) is 0 Å². The van der Waals surface area contributed by atoms with Crippen LogP contribution < -0.4 is 14.8 Å².